The Morgan fingerprint density at radius 2 is 1.90 bits per heavy atom. The van der Waals surface area contributed by atoms with Gasteiger partial charge in [0.2, 0.25) is 6.20 Å². The molecule has 0 saturated heterocycles. The molecule has 7 heteroatoms. The quantitative estimate of drug-likeness (QED) is 0.628. The summed E-state index contributed by atoms with van der Waals surface area (Å²) in [6.45, 7) is 1.73. The van der Waals surface area contributed by atoms with Crippen molar-refractivity contribution in [1.82, 2.24) is 0 Å². The van der Waals surface area contributed by atoms with Crippen LogP contribution in [0, 0.1) is 27.2 Å². The van der Waals surface area contributed by atoms with Gasteiger partial charge >= 0.3 is 0 Å². The minimum Gasteiger partial charge on any atom is -0.456 e. The summed E-state index contributed by atoms with van der Waals surface area (Å²) in [6, 6.07) is 7.68. The molecule has 7 nitrogen and oxygen atoms in total. The van der Waals surface area contributed by atoms with Gasteiger partial charge in [-0.15, -0.1) is 0 Å². The van der Waals surface area contributed by atoms with Crippen LogP contribution in [-0.4, -0.2) is 9.85 Å². The largest absolute Gasteiger partial charge is 0.456 e. The summed E-state index contributed by atoms with van der Waals surface area (Å²) >= 11 is 0. The van der Waals surface area contributed by atoms with Crippen LogP contribution in [-0.2, 0) is 0 Å². The molecule has 0 aliphatic heterocycles. The first-order valence-corrected chi connectivity index (χ1v) is 5.64. The molecule has 0 aliphatic carbocycles. The molecule has 0 N–H and O–H groups in total. The highest BCUT2D eigenvalue weighted by Crippen LogP contribution is 2.28. The zero-order valence-electron chi connectivity index (χ0n) is 10.5. The minimum absolute atomic E-state index is 0.00581. The van der Waals surface area contributed by atoms with Crippen molar-refractivity contribution in [3.8, 4) is 11.3 Å². The van der Waals surface area contributed by atoms with Gasteiger partial charge in [0.1, 0.15) is 11.5 Å². The first-order valence-electron chi connectivity index (χ1n) is 5.64. The van der Waals surface area contributed by atoms with Gasteiger partial charge in [-0.2, -0.15) is 0 Å². The van der Waals surface area contributed by atoms with Gasteiger partial charge in [-0.05, 0) is 30.7 Å². The van der Waals surface area contributed by atoms with Crippen molar-refractivity contribution in [2.24, 2.45) is 0 Å². The number of non-ortho nitro benzene ring substituents is 1. The van der Waals surface area contributed by atoms with E-state index in [1.807, 2.05) is 0 Å². The van der Waals surface area contributed by atoms with Gasteiger partial charge in [-0.25, -0.2) is 0 Å². The fourth-order valence-electron chi connectivity index (χ4n) is 1.76. The second-order valence-electron chi connectivity index (χ2n) is 4.06. The van der Waals surface area contributed by atoms with Crippen LogP contribution >= 0.6 is 0 Å². The van der Waals surface area contributed by atoms with E-state index in [2.05, 4.69) is 0 Å². The molecule has 0 saturated carbocycles. The molecular formula is C13H10N2O5. The Morgan fingerprint density at radius 1 is 1.15 bits per heavy atom. The van der Waals surface area contributed by atoms with Crippen LogP contribution in [0.5, 0.6) is 0 Å². The highest BCUT2D eigenvalue weighted by Gasteiger charge is 2.11. The summed E-state index contributed by atoms with van der Waals surface area (Å²) in [5.74, 6) is 0.842. The molecule has 0 radical (unpaired) electrons. The number of hydrogen-bond donors (Lipinski definition) is 0. The van der Waals surface area contributed by atoms with Crippen molar-refractivity contribution >= 4 is 11.8 Å². The molecule has 0 amide bonds. The van der Waals surface area contributed by atoms with Crippen molar-refractivity contribution < 1.29 is 14.3 Å². The number of hydrogen-bond acceptors (Lipinski definition) is 5. The number of nitrogens with zero attached hydrogens (tertiary/aromatic N) is 2. The summed E-state index contributed by atoms with van der Waals surface area (Å²) in [5, 5.41) is 20.9. The summed E-state index contributed by atoms with van der Waals surface area (Å²) in [6.07, 6.45) is 2.02. The van der Waals surface area contributed by atoms with Crippen LogP contribution in [0.25, 0.3) is 17.4 Å². The van der Waals surface area contributed by atoms with Gasteiger partial charge in [-0.1, -0.05) is 0 Å². The molecule has 0 aliphatic rings. The Kier molecular flexibility index (Phi) is 3.60. The van der Waals surface area contributed by atoms with Crippen LogP contribution in [0.1, 0.15) is 11.3 Å². The monoisotopic (exact) mass is 274 g/mol. The summed E-state index contributed by atoms with van der Waals surface area (Å²) < 4.78 is 5.44. The smallest absolute Gasteiger partial charge is 0.269 e. The molecule has 1 aromatic carbocycles. The van der Waals surface area contributed by atoms with Gasteiger partial charge in [0.15, 0.2) is 0 Å². The van der Waals surface area contributed by atoms with E-state index in [9.17, 15) is 20.2 Å². The number of nitro benzene ring substituents is 1. The topological polar surface area (TPSA) is 99.4 Å². The second kappa shape index (κ2) is 5.35. The SMILES string of the molecule is Cc1cc([N+](=O)[O-])ccc1-c1ccc(/C=C\[N+](=O)[O-])o1. The molecule has 1 heterocycles. The first kappa shape index (κ1) is 13.5. The molecule has 0 spiro atoms. The van der Waals surface area contributed by atoms with E-state index in [-0.39, 0.29) is 5.69 Å². The number of benzene rings is 1. The zero-order chi connectivity index (χ0) is 14.7. The average Bonchev–Trinajstić information content (AvgIpc) is 2.84. The number of furan rings is 1. The highest BCUT2D eigenvalue weighted by atomic mass is 16.6. The maximum atomic E-state index is 10.7. The molecule has 1 aromatic heterocycles. The van der Waals surface area contributed by atoms with E-state index in [0.717, 1.165) is 6.20 Å². The van der Waals surface area contributed by atoms with Gasteiger partial charge in [0.05, 0.1) is 15.9 Å². The summed E-state index contributed by atoms with van der Waals surface area (Å²) in [7, 11) is 0. The predicted molar refractivity (Wildman–Crippen MR) is 71.6 cm³/mol. The molecule has 2 rings (SSSR count). The van der Waals surface area contributed by atoms with Crippen molar-refractivity contribution in [3.05, 3.63) is 68.1 Å². The van der Waals surface area contributed by atoms with Gasteiger partial charge in [0.25, 0.3) is 5.69 Å². The van der Waals surface area contributed by atoms with Crippen molar-refractivity contribution in [2.75, 3.05) is 0 Å². The second-order valence-corrected chi connectivity index (χ2v) is 4.06. The van der Waals surface area contributed by atoms with Crippen LogP contribution < -0.4 is 0 Å². The predicted octanol–water partition coefficient (Wildman–Crippen LogP) is 3.41. The third kappa shape index (κ3) is 2.89. The lowest BCUT2D eigenvalue weighted by Crippen LogP contribution is -1.89. The molecule has 102 valence electrons. The molecule has 20 heavy (non-hydrogen) atoms. The lowest BCUT2D eigenvalue weighted by molar-refractivity contribution is -0.401. The number of rotatable bonds is 4. The Labute approximate surface area is 113 Å². The fraction of sp³-hybridized carbons (Fsp3) is 0.0769. The van der Waals surface area contributed by atoms with Crippen LogP contribution in [0.4, 0.5) is 5.69 Å². The fourth-order valence-corrected chi connectivity index (χ4v) is 1.76. The number of aryl methyl sites for hydroxylation is 1. The third-order valence-corrected chi connectivity index (χ3v) is 2.67. The maximum absolute atomic E-state index is 10.7. The lowest BCUT2D eigenvalue weighted by atomic mass is 10.1. The Hall–Kier alpha value is -2.96. The molecular weight excluding hydrogens is 264 g/mol. The van der Waals surface area contributed by atoms with E-state index in [0.29, 0.717) is 22.6 Å². The van der Waals surface area contributed by atoms with Crippen LogP contribution in [0.15, 0.2) is 40.9 Å². The van der Waals surface area contributed by atoms with Crippen molar-refractivity contribution in [3.63, 3.8) is 0 Å². The zero-order valence-corrected chi connectivity index (χ0v) is 10.5. The first-order chi connectivity index (χ1) is 9.47. The van der Waals surface area contributed by atoms with E-state index in [1.165, 1.54) is 18.2 Å². The van der Waals surface area contributed by atoms with Crippen molar-refractivity contribution in [1.29, 1.82) is 0 Å². The van der Waals surface area contributed by atoms with Crippen LogP contribution in [0.2, 0.25) is 0 Å². The molecule has 2 aromatic rings. The molecule has 0 atom stereocenters. The van der Waals surface area contributed by atoms with E-state index >= 15 is 0 Å². The maximum Gasteiger partial charge on any atom is 0.269 e. The standard InChI is InChI=1S/C13H10N2O5/c1-9-8-10(15(18)19)2-4-12(9)13-5-3-11(20-13)6-7-14(16)17/h2-8H,1H3/b7-6-. The van der Waals surface area contributed by atoms with Crippen molar-refractivity contribution in [2.45, 2.75) is 6.92 Å². The highest BCUT2D eigenvalue weighted by molar-refractivity contribution is 5.65. The third-order valence-electron chi connectivity index (χ3n) is 2.67. The van der Waals surface area contributed by atoms with E-state index in [4.69, 9.17) is 4.42 Å². The molecule has 0 unspecified atom stereocenters. The van der Waals surface area contributed by atoms with Gasteiger partial charge < -0.3 is 4.42 Å². The minimum atomic E-state index is -0.584. The molecule has 0 bridgehead atoms. The van der Waals surface area contributed by atoms with E-state index in [1.54, 1.807) is 25.1 Å². The molecule has 0 fully saturated rings. The van der Waals surface area contributed by atoms with E-state index < -0.39 is 9.85 Å². The Morgan fingerprint density at radius 3 is 2.50 bits per heavy atom. The summed E-state index contributed by atoms with van der Waals surface area (Å²) in [5.41, 5.74) is 1.40. The van der Waals surface area contributed by atoms with Gasteiger partial charge in [-0.3, -0.25) is 20.2 Å². The Bertz CT molecular complexity index is 703. The normalized spacial score (nSPS) is 10.8. The van der Waals surface area contributed by atoms with Crippen LogP contribution in [0.3, 0.4) is 0 Å². The lowest BCUT2D eigenvalue weighted by Gasteiger charge is -2.02. The average molecular weight is 274 g/mol. The Balaban J connectivity index is 2.33. The number of nitro groups is 2. The summed E-state index contributed by atoms with van der Waals surface area (Å²) in [4.78, 5) is 19.8. The van der Waals surface area contributed by atoms with Gasteiger partial charge in [0, 0.05) is 17.7 Å².